The van der Waals surface area contributed by atoms with E-state index in [1.165, 1.54) is 19.3 Å². The van der Waals surface area contributed by atoms with Gasteiger partial charge >= 0.3 is 0 Å². The molecule has 0 aromatic carbocycles. The summed E-state index contributed by atoms with van der Waals surface area (Å²) in [5.74, 6) is 1.75. The molecule has 2 aliphatic rings. The maximum absolute atomic E-state index is 12.1. The van der Waals surface area contributed by atoms with E-state index in [0.717, 1.165) is 17.8 Å². The van der Waals surface area contributed by atoms with E-state index in [1.54, 1.807) is 24.3 Å². The number of hydrogen-bond donors (Lipinski definition) is 0. The zero-order chi connectivity index (χ0) is 16.5. The number of likely N-dealkylation sites (N-methyl/N-ethyl adjacent to an activating group) is 1. The van der Waals surface area contributed by atoms with Crippen LogP contribution < -0.4 is 0 Å². The van der Waals surface area contributed by atoms with Crippen LogP contribution in [0.4, 0.5) is 0 Å². The second-order valence-electron chi connectivity index (χ2n) is 6.52. The van der Waals surface area contributed by atoms with Crippen molar-refractivity contribution in [3.8, 4) is 0 Å². The van der Waals surface area contributed by atoms with Crippen molar-refractivity contribution in [2.75, 3.05) is 13.7 Å². The van der Waals surface area contributed by atoms with Gasteiger partial charge in [0.05, 0.1) is 6.04 Å². The minimum absolute atomic E-state index is 0.0122. The summed E-state index contributed by atoms with van der Waals surface area (Å²) >= 11 is 0. The lowest BCUT2D eigenvalue weighted by atomic mass is 9.83. The molecule has 0 radical (unpaired) electrons. The summed E-state index contributed by atoms with van der Waals surface area (Å²) in [6.45, 7) is 0.0122. The standard InChI is InChI=1S/C17H20N4O3/c1-21-14(22)10-23-16(15(21)12-6-3-7-18-9-12)17-19-13(20-24-17)8-11-4-2-5-11/h3,6-7,9,11,15-16H,2,4-5,8,10H2,1H3/t15-,16+/m1/s1. The molecule has 0 spiro atoms. The van der Waals surface area contributed by atoms with Gasteiger partial charge in [-0.05, 0) is 17.5 Å². The molecule has 1 saturated carbocycles. The van der Waals surface area contributed by atoms with Gasteiger partial charge in [0, 0.05) is 25.9 Å². The first kappa shape index (κ1) is 15.3. The molecule has 2 aromatic heterocycles. The summed E-state index contributed by atoms with van der Waals surface area (Å²) in [4.78, 5) is 22.4. The fraction of sp³-hybridized carbons (Fsp3) is 0.529. The van der Waals surface area contributed by atoms with Crippen molar-refractivity contribution in [3.05, 3.63) is 41.8 Å². The minimum atomic E-state index is -0.473. The van der Waals surface area contributed by atoms with Crippen LogP contribution in [-0.4, -0.2) is 39.6 Å². The van der Waals surface area contributed by atoms with E-state index in [9.17, 15) is 4.79 Å². The molecule has 3 heterocycles. The van der Waals surface area contributed by atoms with E-state index in [0.29, 0.717) is 11.8 Å². The van der Waals surface area contributed by atoms with Crippen LogP contribution in [0.15, 0.2) is 29.0 Å². The van der Waals surface area contributed by atoms with Crippen LogP contribution in [0.2, 0.25) is 0 Å². The molecule has 1 aliphatic heterocycles. The number of morpholine rings is 1. The van der Waals surface area contributed by atoms with E-state index < -0.39 is 6.10 Å². The van der Waals surface area contributed by atoms with Crippen LogP contribution >= 0.6 is 0 Å². The fourth-order valence-electron chi connectivity index (χ4n) is 3.29. The van der Waals surface area contributed by atoms with Gasteiger partial charge in [-0.2, -0.15) is 4.98 Å². The van der Waals surface area contributed by atoms with Crippen molar-refractivity contribution in [1.82, 2.24) is 20.0 Å². The Morgan fingerprint density at radius 1 is 1.38 bits per heavy atom. The van der Waals surface area contributed by atoms with Crippen molar-refractivity contribution in [3.63, 3.8) is 0 Å². The molecule has 1 amide bonds. The van der Waals surface area contributed by atoms with E-state index in [1.807, 2.05) is 12.1 Å². The maximum Gasteiger partial charge on any atom is 0.258 e. The molecule has 7 nitrogen and oxygen atoms in total. The predicted octanol–water partition coefficient (Wildman–Crippen LogP) is 2.08. The number of aromatic nitrogens is 3. The van der Waals surface area contributed by atoms with Crippen LogP contribution in [0.3, 0.4) is 0 Å². The van der Waals surface area contributed by atoms with Gasteiger partial charge in [0.25, 0.3) is 5.89 Å². The highest BCUT2D eigenvalue weighted by molar-refractivity contribution is 5.78. The zero-order valence-electron chi connectivity index (χ0n) is 13.6. The van der Waals surface area contributed by atoms with Gasteiger partial charge in [-0.15, -0.1) is 0 Å². The number of pyridine rings is 1. The van der Waals surface area contributed by atoms with Crippen LogP contribution in [-0.2, 0) is 16.0 Å². The summed E-state index contributed by atoms with van der Waals surface area (Å²) in [5, 5.41) is 4.10. The molecule has 0 N–H and O–H groups in total. The molecule has 2 fully saturated rings. The molecule has 4 rings (SSSR count). The van der Waals surface area contributed by atoms with Crippen LogP contribution in [0.25, 0.3) is 0 Å². The largest absolute Gasteiger partial charge is 0.356 e. The Morgan fingerprint density at radius 2 is 2.25 bits per heavy atom. The van der Waals surface area contributed by atoms with E-state index in [-0.39, 0.29) is 18.6 Å². The van der Waals surface area contributed by atoms with Crippen molar-refractivity contribution < 1.29 is 14.1 Å². The first-order valence-corrected chi connectivity index (χ1v) is 8.32. The average Bonchev–Trinajstić information content (AvgIpc) is 3.03. The highest BCUT2D eigenvalue weighted by atomic mass is 16.5. The summed E-state index contributed by atoms with van der Waals surface area (Å²) in [6, 6.07) is 3.45. The minimum Gasteiger partial charge on any atom is -0.356 e. The lowest BCUT2D eigenvalue weighted by molar-refractivity contribution is -0.157. The number of rotatable bonds is 4. The maximum atomic E-state index is 12.1. The first-order valence-electron chi connectivity index (χ1n) is 8.32. The van der Waals surface area contributed by atoms with E-state index in [2.05, 4.69) is 15.1 Å². The van der Waals surface area contributed by atoms with Gasteiger partial charge < -0.3 is 14.2 Å². The second-order valence-corrected chi connectivity index (χ2v) is 6.52. The van der Waals surface area contributed by atoms with Crippen LogP contribution in [0.1, 0.15) is 48.7 Å². The highest BCUT2D eigenvalue weighted by Gasteiger charge is 2.40. The number of ether oxygens (including phenoxy) is 1. The molecular formula is C17H20N4O3. The summed E-state index contributed by atoms with van der Waals surface area (Å²) in [6.07, 6.45) is 7.58. The van der Waals surface area contributed by atoms with Gasteiger partial charge in [-0.1, -0.05) is 30.5 Å². The van der Waals surface area contributed by atoms with Gasteiger partial charge in [0.15, 0.2) is 11.9 Å². The Morgan fingerprint density at radius 3 is 2.96 bits per heavy atom. The van der Waals surface area contributed by atoms with Crippen molar-refractivity contribution in [2.24, 2.45) is 5.92 Å². The molecule has 2 atom stereocenters. The molecule has 2 aromatic rings. The summed E-state index contributed by atoms with van der Waals surface area (Å²) < 4.78 is 11.2. The lowest BCUT2D eigenvalue weighted by Crippen LogP contribution is -2.43. The number of nitrogens with zero attached hydrogens (tertiary/aromatic N) is 4. The fourth-order valence-corrected chi connectivity index (χ4v) is 3.29. The Balaban J connectivity index is 1.60. The van der Waals surface area contributed by atoms with E-state index in [4.69, 9.17) is 9.26 Å². The third-order valence-electron chi connectivity index (χ3n) is 4.93. The average molecular weight is 328 g/mol. The lowest BCUT2D eigenvalue weighted by Gasteiger charge is -2.37. The molecule has 126 valence electrons. The summed E-state index contributed by atoms with van der Waals surface area (Å²) in [7, 11) is 1.77. The molecule has 24 heavy (non-hydrogen) atoms. The quantitative estimate of drug-likeness (QED) is 0.855. The smallest absolute Gasteiger partial charge is 0.258 e. The van der Waals surface area contributed by atoms with Crippen LogP contribution in [0, 0.1) is 5.92 Å². The normalized spacial score (nSPS) is 24.9. The summed E-state index contributed by atoms with van der Waals surface area (Å²) in [5.41, 5.74) is 0.886. The first-order chi connectivity index (χ1) is 11.7. The van der Waals surface area contributed by atoms with Gasteiger partial charge in [-0.3, -0.25) is 9.78 Å². The van der Waals surface area contributed by atoms with Crippen molar-refractivity contribution in [1.29, 1.82) is 0 Å². The van der Waals surface area contributed by atoms with Gasteiger partial charge in [-0.25, -0.2) is 0 Å². The Labute approximate surface area is 140 Å². The molecular weight excluding hydrogens is 308 g/mol. The van der Waals surface area contributed by atoms with Gasteiger partial charge in [0.2, 0.25) is 5.91 Å². The molecule has 0 bridgehead atoms. The van der Waals surface area contributed by atoms with E-state index >= 15 is 0 Å². The van der Waals surface area contributed by atoms with Crippen molar-refractivity contribution in [2.45, 2.75) is 37.8 Å². The topological polar surface area (TPSA) is 81.4 Å². The second kappa shape index (κ2) is 6.32. The third kappa shape index (κ3) is 2.80. The molecule has 1 aliphatic carbocycles. The zero-order valence-corrected chi connectivity index (χ0v) is 13.6. The number of carbonyl (C=O) groups excluding carboxylic acids is 1. The predicted molar refractivity (Wildman–Crippen MR) is 83.8 cm³/mol. The Bertz CT molecular complexity index is 714. The number of amides is 1. The monoisotopic (exact) mass is 328 g/mol. The molecule has 1 saturated heterocycles. The Kier molecular flexibility index (Phi) is 4.02. The van der Waals surface area contributed by atoms with Gasteiger partial charge in [0.1, 0.15) is 6.61 Å². The molecule has 7 heteroatoms. The number of carbonyl (C=O) groups is 1. The number of hydrogen-bond acceptors (Lipinski definition) is 6. The third-order valence-corrected chi connectivity index (χ3v) is 4.93. The van der Waals surface area contributed by atoms with Crippen LogP contribution in [0.5, 0.6) is 0 Å². The van der Waals surface area contributed by atoms with Crippen molar-refractivity contribution >= 4 is 5.91 Å². The molecule has 0 unspecified atom stereocenters. The highest BCUT2D eigenvalue weighted by Crippen LogP contribution is 2.38. The Hall–Kier alpha value is -2.28. The SMILES string of the molecule is CN1C(=O)CO[C@H](c2nc(CC3CCC3)no2)[C@H]1c1cccnc1.